The number of guanidine groups is 1. The van der Waals surface area contributed by atoms with E-state index in [1.54, 1.807) is 14.2 Å². The lowest BCUT2D eigenvalue weighted by atomic mass is 10.2. The number of halogens is 1. The van der Waals surface area contributed by atoms with Crippen LogP contribution in [0.4, 0.5) is 0 Å². The molecule has 2 heterocycles. The summed E-state index contributed by atoms with van der Waals surface area (Å²) in [5.41, 5.74) is 1.21. The van der Waals surface area contributed by atoms with Crippen molar-refractivity contribution >= 4 is 29.9 Å². The van der Waals surface area contributed by atoms with Gasteiger partial charge in [0.05, 0.1) is 34.0 Å². The number of rotatable bonds is 9. The van der Waals surface area contributed by atoms with E-state index in [0.717, 1.165) is 82.9 Å². The van der Waals surface area contributed by atoms with Crippen molar-refractivity contribution in [3.63, 3.8) is 0 Å². The second-order valence-electron chi connectivity index (χ2n) is 8.30. The Morgan fingerprint density at radius 3 is 2.47 bits per heavy atom. The van der Waals surface area contributed by atoms with Crippen LogP contribution in [0.5, 0.6) is 11.5 Å². The lowest BCUT2D eigenvalue weighted by molar-refractivity contribution is 0.0220. The van der Waals surface area contributed by atoms with E-state index in [1.807, 2.05) is 6.07 Å². The molecule has 2 aliphatic rings. The van der Waals surface area contributed by atoms with Crippen molar-refractivity contribution in [2.24, 2.45) is 4.99 Å². The third-order valence-corrected chi connectivity index (χ3v) is 5.96. The highest BCUT2D eigenvalue weighted by Gasteiger charge is 2.24. The maximum absolute atomic E-state index is 5.46. The average Bonchev–Trinajstić information content (AvgIpc) is 3.24. The molecule has 2 atom stereocenters. The molecular formula is C23H40IN5O3. The molecule has 0 radical (unpaired) electrons. The summed E-state index contributed by atoms with van der Waals surface area (Å²) < 4.78 is 16.3. The number of ether oxygens (including phenoxy) is 3. The first-order valence-electron chi connectivity index (χ1n) is 11.4. The predicted octanol–water partition coefficient (Wildman–Crippen LogP) is 2.17. The van der Waals surface area contributed by atoms with E-state index in [2.05, 4.69) is 46.4 Å². The monoisotopic (exact) mass is 561 g/mol. The van der Waals surface area contributed by atoms with Gasteiger partial charge in [0.25, 0.3) is 0 Å². The summed E-state index contributed by atoms with van der Waals surface area (Å²) in [6, 6.07) is 6.89. The van der Waals surface area contributed by atoms with E-state index in [-0.39, 0.29) is 24.0 Å². The van der Waals surface area contributed by atoms with E-state index >= 15 is 0 Å². The molecule has 2 fully saturated rings. The van der Waals surface area contributed by atoms with Gasteiger partial charge < -0.3 is 24.8 Å². The van der Waals surface area contributed by atoms with Crippen molar-refractivity contribution in [3.05, 3.63) is 23.8 Å². The van der Waals surface area contributed by atoms with E-state index in [9.17, 15) is 0 Å². The first-order valence-corrected chi connectivity index (χ1v) is 11.4. The summed E-state index contributed by atoms with van der Waals surface area (Å²) >= 11 is 0. The zero-order valence-electron chi connectivity index (χ0n) is 19.9. The summed E-state index contributed by atoms with van der Waals surface area (Å²) in [6.45, 7) is 12.6. The van der Waals surface area contributed by atoms with Gasteiger partial charge in [0.15, 0.2) is 5.96 Å². The van der Waals surface area contributed by atoms with Crippen LogP contribution >= 0.6 is 24.0 Å². The topological polar surface area (TPSA) is 70.6 Å². The molecule has 8 nitrogen and oxygen atoms in total. The molecule has 0 bridgehead atoms. The number of benzene rings is 1. The molecule has 0 aliphatic carbocycles. The highest BCUT2D eigenvalue weighted by atomic mass is 127. The molecule has 2 saturated heterocycles. The van der Waals surface area contributed by atoms with Crippen LogP contribution in [0, 0.1) is 0 Å². The zero-order valence-corrected chi connectivity index (χ0v) is 22.3. The predicted molar refractivity (Wildman–Crippen MR) is 140 cm³/mol. The van der Waals surface area contributed by atoms with Gasteiger partial charge in [-0.3, -0.25) is 14.8 Å². The molecule has 2 aliphatic heterocycles. The molecule has 1 aromatic rings. The Labute approximate surface area is 210 Å². The van der Waals surface area contributed by atoms with Crippen LogP contribution in [0.25, 0.3) is 0 Å². The Kier molecular flexibility index (Phi) is 11.8. The molecule has 2 unspecified atom stereocenters. The fourth-order valence-corrected chi connectivity index (χ4v) is 4.18. The van der Waals surface area contributed by atoms with Crippen LogP contribution in [0.2, 0.25) is 0 Å². The van der Waals surface area contributed by atoms with Gasteiger partial charge in [0.2, 0.25) is 0 Å². The van der Waals surface area contributed by atoms with E-state index < -0.39 is 0 Å². The Morgan fingerprint density at radius 2 is 1.84 bits per heavy atom. The maximum Gasteiger partial charge on any atom is 0.191 e. The first kappa shape index (κ1) is 26.9. The molecule has 0 saturated carbocycles. The summed E-state index contributed by atoms with van der Waals surface area (Å²) in [5, 5.41) is 7.05. The molecule has 0 aromatic heterocycles. The van der Waals surface area contributed by atoms with Crippen LogP contribution in [-0.4, -0.2) is 94.5 Å². The van der Waals surface area contributed by atoms with Crippen LogP contribution < -0.4 is 20.1 Å². The van der Waals surface area contributed by atoms with Crippen LogP contribution in [-0.2, 0) is 11.3 Å². The third kappa shape index (κ3) is 8.24. The number of hydrogen-bond acceptors (Lipinski definition) is 6. The number of morpholine rings is 1. The fourth-order valence-electron chi connectivity index (χ4n) is 4.18. The smallest absolute Gasteiger partial charge is 0.191 e. The van der Waals surface area contributed by atoms with E-state index in [1.165, 1.54) is 5.56 Å². The van der Waals surface area contributed by atoms with Gasteiger partial charge in [-0.05, 0) is 38.0 Å². The minimum Gasteiger partial charge on any atom is -0.497 e. The normalized spacial score (nSPS) is 21.0. The lowest BCUT2D eigenvalue weighted by Gasteiger charge is -2.31. The quantitative estimate of drug-likeness (QED) is 0.272. The number of nitrogens with zero attached hydrogens (tertiary/aromatic N) is 3. The highest BCUT2D eigenvalue weighted by molar-refractivity contribution is 14.0. The first-order chi connectivity index (χ1) is 15.1. The molecule has 9 heteroatoms. The number of methoxy groups -OCH3 is 2. The summed E-state index contributed by atoms with van der Waals surface area (Å²) in [4.78, 5) is 9.79. The molecule has 2 N–H and O–H groups in total. The largest absolute Gasteiger partial charge is 0.497 e. The van der Waals surface area contributed by atoms with E-state index in [0.29, 0.717) is 12.1 Å². The molecule has 32 heavy (non-hydrogen) atoms. The Bertz CT molecular complexity index is 693. The second-order valence-corrected chi connectivity index (χ2v) is 8.30. The fraction of sp³-hybridized carbons (Fsp3) is 0.696. The number of aliphatic imine (C=N–C) groups is 1. The zero-order chi connectivity index (χ0) is 22.1. The van der Waals surface area contributed by atoms with Crippen LogP contribution in [0.1, 0.15) is 25.8 Å². The lowest BCUT2D eigenvalue weighted by Crippen LogP contribution is -2.46. The Morgan fingerprint density at radius 1 is 1.16 bits per heavy atom. The van der Waals surface area contributed by atoms with E-state index in [4.69, 9.17) is 19.2 Å². The Balaban J connectivity index is 0.00000363. The second kappa shape index (κ2) is 14.1. The number of likely N-dealkylation sites (tertiary alicyclic amines) is 1. The van der Waals surface area contributed by atoms with Gasteiger partial charge in [-0.1, -0.05) is 0 Å². The van der Waals surface area contributed by atoms with Crippen LogP contribution in [0.3, 0.4) is 0 Å². The number of hydrogen-bond donors (Lipinski definition) is 2. The van der Waals surface area contributed by atoms with Crippen LogP contribution in [0.15, 0.2) is 23.2 Å². The minimum absolute atomic E-state index is 0. The maximum atomic E-state index is 5.46. The summed E-state index contributed by atoms with van der Waals surface area (Å²) in [6.07, 6.45) is 1.10. The van der Waals surface area contributed by atoms with Crippen molar-refractivity contribution in [2.75, 3.05) is 66.7 Å². The molecule has 182 valence electrons. The van der Waals surface area contributed by atoms with Crippen molar-refractivity contribution in [1.82, 2.24) is 20.4 Å². The number of nitrogens with one attached hydrogen (secondary N) is 2. The minimum atomic E-state index is 0. The third-order valence-electron chi connectivity index (χ3n) is 5.96. The summed E-state index contributed by atoms with van der Waals surface area (Å²) in [7, 11) is 3.38. The molecule has 1 aromatic carbocycles. The van der Waals surface area contributed by atoms with Crippen molar-refractivity contribution < 1.29 is 14.2 Å². The van der Waals surface area contributed by atoms with Gasteiger partial charge in [-0.25, -0.2) is 0 Å². The average molecular weight is 562 g/mol. The standard InChI is InChI=1S/C23H39N5O3.HI/c1-5-24-23(25-15-18(2)28-8-10-31-11-9-28)26-20-6-7-27(17-20)16-19-12-21(29-3)14-22(13-19)30-4;/h12-14,18,20H,5-11,15-17H2,1-4H3,(H2,24,25,26);1H. The van der Waals surface area contributed by atoms with Gasteiger partial charge in [0, 0.05) is 57.4 Å². The SMILES string of the molecule is CCNC(=NCC(C)N1CCOCC1)NC1CCN(Cc2cc(OC)cc(OC)c2)C1.I. The van der Waals surface area contributed by atoms with Gasteiger partial charge in [-0.15, -0.1) is 24.0 Å². The van der Waals surface area contributed by atoms with Crippen molar-refractivity contribution in [1.29, 1.82) is 0 Å². The molecule has 3 rings (SSSR count). The molecule has 0 amide bonds. The van der Waals surface area contributed by atoms with Crippen molar-refractivity contribution in [3.8, 4) is 11.5 Å². The summed E-state index contributed by atoms with van der Waals surface area (Å²) in [5.74, 6) is 2.58. The highest BCUT2D eigenvalue weighted by Crippen LogP contribution is 2.24. The van der Waals surface area contributed by atoms with Crippen molar-refractivity contribution in [2.45, 2.75) is 38.9 Å². The van der Waals surface area contributed by atoms with Gasteiger partial charge in [-0.2, -0.15) is 0 Å². The molecule has 0 spiro atoms. The Hall–Kier alpha value is -1.30. The van der Waals surface area contributed by atoms with Gasteiger partial charge >= 0.3 is 0 Å². The molecular weight excluding hydrogens is 521 g/mol. The van der Waals surface area contributed by atoms with Gasteiger partial charge in [0.1, 0.15) is 11.5 Å².